The molecule has 8 nitrogen and oxygen atoms in total. The topological polar surface area (TPSA) is 112 Å². The molecule has 1 aliphatic heterocycles. The van der Waals surface area contributed by atoms with E-state index in [-0.39, 0.29) is 35.4 Å². The Morgan fingerprint density at radius 3 is 2.72 bits per heavy atom. The van der Waals surface area contributed by atoms with E-state index in [9.17, 15) is 18.0 Å². The van der Waals surface area contributed by atoms with Gasteiger partial charge in [0.05, 0.1) is 10.4 Å². The molecule has 0 radical (unpaired) electrons. The number of aromatic nitrogens is 1. The zero-order valence-corrected chi connectivity index (χ0v) is 17.2. The van der Waals surface area contributed by atoms with Crippen LogP contribution in [0.5, 0.6) is 0 Å². The molecule has 1 saturated heterocycles. The lowest BCUT2D eigenvalue weighted by atomic mass is 10.1. The van der Waals surface area contributed by atoms with Gasteiger partial charge in [-0.25, -0.2) is 8.42 Å². The van der Waals surface area contributed by atoms with Gasteiger partial charge in [0.15, 0.2) is 6.73 Å². The van der Waals surface area contributed by atoms with E-state index in [0.29, 0.717) is 24.8 Å². The number of pyridine rings is 1. The number of carbonyl (C=O) groups excluding carboxylic acids is 1. The average Bonchev–Trinajstić information content (AvgIpc) is 3.41. The standard InChI is InChI=1S/C20H25N3O5S/c1-2-4-18(24)28-13-22-11-7-14-15(19(22)25)5-3-6-16(14)29(26,27)23-12-8-17(21)20(23)9-10-20/h3,5-7,11,17H,2,4,8-10,12-13,21H2,1H3. The van der Waals surface area contributed by atoms with Crippen LogP contribution in [0.15, 0.2) is 40.2 Å². The second kappa shape index (κ2) is 7.23. The molecular weight excluding hydrogens is 394 g/mol. The highest BCUT2D eigenvalue weighted by atomic mass is 32.2. The number of ether oxygens (including phenoxy) is 1. The minimum Gasteiger partial charge on any atom is -0.444 e. The largest absolute Gasteiger partial charge is 0.444 e. The fourth-order valence-electron chi connectivity index (χ4n) is 4.19. The molecule has 156 valence electrons. The Balaban J connectivity index is 1.71. The number of fused-ring (bicyclic) bond motifs is 1. The highest BCUT2D eigenvalue weighted by Crippen LogP contribution is 2.51. The molecule has 1 unspecified atom stereocenters. The van der Waals surface area contributed by atoms with E-state index in [1.54, 1.807) is 18.2 Å². The van der Waals surface area contributed by atoms with Gasteiger partial charge in [-0.1, -0.05) is 13.0 Å². The predicted octanol–water partition coefficient (Wildman–Crippen LogP) is 1.56. The fourth-order valence-corrected chi connectivity index (χ4v) is 6.28. The summed E-state index contributed by atoms with van der Waals surface area (Å²) in [6.07, 6.45) is 4.59. The van der Waals surface area contributed by atoms with Gasteiger partial charge >= 0.3 is 5.97 Å². The molecule has 0 amide bonds. The summed E-state index contributed by atoms with van der Waals surface area (Å²) in [5.74, 6) is -0.379. The fraction of sp³-hybridized carbons (Fsp3) is 0.500. The van der Waals surface area contributed by atoms with Gasteiger partial charge in [-0.15, -0.1) is 0 Å². The lowest BCUT2D eigenvalue weighted by Crippen LogP contribution is -2.44. The minimum absolute atomic E-state index is 0.114. The predicted molar refractivity (Wildman–Crippen MR) is 108 cm³/mol. The number of esters is 1. The Labute approximate surface area is 169 Å². The average molecular weight is 420 g/mol. The summed E-state index contributed by atoms with van der Waals surface area (Å²) in [5, 5.41) is 0.637. The van der Waals surface area contributed by atoms with Gasteiger partial charge in [-0.3, -0.25) is 14.2 Å². The molecule has 2 aromatic rings. The van der Waals surface area contributed by atoms with Gasteiger partial charge < -0.3 is 10.5 Å². The van der Waals surface area contributed by atoms with Crippen LogP contribution >= 0.6 is 0 Å². The second-order valence-corrected chi connectivity index (χ2v) is 9.61. The maximum atomic E-state index is 13.4. The number of carbonyl (C=O) groups is 1. The van der Waals surface area contributed by atoms with Crippen LogP contribution in [0.2, 0.25) is 0 Å². The third kappa shape index (κ3) is 3.27. The maximum absolute atomic E-state index is 13.4. The molecule has 1 spiro atoms. The first-order valence-electron chi connectivity index (χ1n) is 9.87. The Bertz CT molecular complexity index is 1120. The van der Waals surface area contributed by atoms with Crippen LogP contribution in [0.4, 0.5) is 0 Å². The van der Waals surface area contributed by atoms with Crippen LogP contribution in [0.3, 0.4) is 0 Å². The monoisotopic (exact) mass is 419 g/mol. The molecule has 2 N–H and O–H groups in total. The van der Waals surface area contributed by atoms with Crippen molar-refractivity contribution >= 4 is 26.8 Å². The van der Waals surface area contributed by atoms with E-state index in [1.165, 1.54) is 21.1 Å². The third-order valence-electron chi connectivity index (χ3n) is 5.96. The van der Waals surface area contributed by atoms with Crippen molar-refractivity contribution < 1.29 is 17.9 Å². The molecule has 1 aromatic heterocycles. The zero-order chi connectivity index (χ0) is 20.8. The first kappa shape index (κ1) is 20.1. The van der Waals surface area contributed by atoms with Crippen molar-refractivity contribution in [2.75, 3.05) is 6.54 Å². The lowest BCUT2D eigenvalue weighted by molar-refractivity contribution is -0.147. The van der Waals surface area contributed by atoms with Crippen molar-refractivity contribution in [3.63, 3.8) is 0 Å². The number of sulfonamides is 1. The molecule has 2 heterocycles. The highest BCUT2D eigenvalue weighted by Gasteiger charge is 2.60. The van der Waals surface area contributed by atoms with Gasteiger partial charge in [0, 0.05) is 36.0 Å². The maximum Gasteiger partial charge on any atom is 0.307 e. The normalized spacial score (nSPS) is 21.0. The Hall–Kier alpha value is -2.23. The van der Waals surface area contributed by atoms with Crippen LogP contribution < -0.4 is 11.3 Å². The van der Waals surface area contributed by atoms with Crippen molar-refractivity contribution in [2.24, 2.45) is 5.73 Å². The summed E-state index contributed by atoms with van der Waals surface area (Å²) < 4.78 is 34.7. The molecule has 1 saturated carbocycles. The number of nitrogens with two attached hydrogens (primary N) is 1. The molecule has 1 atom stereocenters. The van der Waals surface area contributed by atoms with Crippen LogP contribution in [0, 0.1) is 0 Å². The number of rotatable bonds is 6. The molecule has 9 heteroatoms. The summed E-state index contributed by atoms with van der Waals surface area (Å²) in [5.41, 5.74) is 5.31. The lowest BCUT2D eigenvalue weighted by Gasteiger charge is -2.26. The van der Waals surface area contributed by atoms with E-state index in [0.717, 1.165) is 12.8 Å². The van der Waals surface area contributed by atoms with Crippen molar-refractivity contribution in [1.82, 2.24) is 8.87 Å². The van der Waals surface area contributed by atoms with Gasteiger partial charge in [0.2, 0.25) is 10.0 Å². The first-order valence-corrected chi connectivity index (χ1v) is 11.3. The first-order chi connectivity index (χ1) is 13.8. The number of benzene rings is 1. The van der Waals surface area contributed by atoms with E-state index in [2.05, 4.69) is 0 Å². The number of nitrogens with zero attached hydrogens (tertiary/aromatic N) is 2. The van der Waals surface area contributed by atoms with Crippen LogP contribution in [0.25, 0.3) is 10.8 Å². The quantitative estimate of drug-likeness (QED) is 0.711. The molecule has 1 aliphatic carbocycles. The smallest absolute Gasteiger partial charge is 0.307 e. The summed E-state index contributed by atoms with van der Waals surface area (Å²) in [6.45, 7) is 2.06. The highest BCUT2D eigenvalue weighted by molar-refractivity contribution is 7.89. The SMILES string of the molecule is CCCC(=O)OCn1ccc2c(S(=O)(=O)N3CCC(N)C34CC4)cccc2c1=O. The van der Waals surface area contributed by atoms with Crippen molar-refractivity contribution in [1.29, 1.82) is 0 Å². The number of hydrogen-bond acceptors (Lipinski definition) is 6. The summed E-state index contributed by atoms with van der Waals surface area (Å²) in [7, 11) is -3.79. The van der Waals surface area contributed by atoms with Gasteiger partial charge in [-0.2, -0.15) is 4.31 Å². The third-order valence-corrected chi connectivity index (χ3v) is 8.00. The van der Waals surface area contributed by atoms with Gasteiger partial charge in [0.25, 0.3) is 5.56 Å². The zero-order valence-electron chi connectivity index (χ0n) is 16.3. The molecule has 1 aromatic carbocycles. The Kier molecular flexibility index (Phi) is 5.00. The van der Waals surface area contributed by atoms with Crippen molar-refractivity contribution in [2.45, 2.75) is 62.2 Å². The van der Waals surface area contributed by atoms with Crippen LogP contribution in [-0.4, -0.2) is 41.4 Å². The molecule has 2 fully saturated rings. The van der Waals surface area contributed by atoms with E-state index < -0.39 is 21.1 Å². The summed E-state index contributed by atoms with van der Waals surface area (Å²) in [6, 6.07) is 6.13. The van der Waals surface area contributed by atoms with E-state index in [4.69, 9.17) is 10.5 Å². The molecule has 4 rings (SSSR count). The van der Waals surface area contributed by atoms with Gasteiger partial charge in [0.1, 0.15) is 0 Å². The Morgan fingerprint density at radius 2 is 2.03 bits per heavy atom. The number of hydrogen-bond donors (Lipinski definition) is 1. The Morgan fingerprint density at radius 1 is 1.28 bits per heavy atom. The molecule has 0 bridgehead atoms. The van der Waals surface area contributed by atoms with Crippen molar-refractivity contribution in [3.8, 4) is 0 Å². The van der Waals surface area contributed by atoms with Crippen LogP contribution in [0.1, 0.15) is 39.0 Å². The summed E-state index contributed by atoms with van der Waals surface area (Å²) >= 11 is 0. The minimum atomic E-state index is -3.79. The molecule has 29 heavy (non-hydrogen) atoms. The van der Waals surface area contributed by atoms with Crippen molar-refractivity contribution in [3.05, 3.63) is 40.8 Å². The van der Waals surface area contributed by atoms with E-state index in [1.807, 2.05) is 6.92 Å². The molecular formula is C20H25N3O5S. The summed E-state index contributed by atoms with van der Waals surface area (Å²) in [4.78, 5) is 24.5. The van der Waals surface area contributed by atoms with E-state index >= 15 is 0 Å². The van der Waals surface area contributed by atoms with Crippen LogP contribution in [-0.2, 0) is 26.3 Å². The second-order valence-electron chi connectivity index (χ2n) is 7.78. The van der Waals surface area contributed by atoms with Gasteiger partial charge in [-0.05, 0) is 43.9 Å². The molecule has 2 aliphatic rings.